The average Bonchev–Trinajstić information content (AvgIpc) is 3.12. The van der Waals surface area contributed by atoms with E-state index in [2.05, 4.69) is 5.32 Å². The first-order chi connectivity index (χ1) is 11.8. The van der Waals surface area contributed by atoms with Gasteiger partial charge in [0.1, 0.15) is 0 Å². The van der Waals surface area contributed by atoms with Crippen LogP contribution in [0.4, 0.5) is 0 Å². The summed E-state index contributed by atoms with van der Waals surface area (Å²) in [5.74, 6) is 0.0310. The molecule has 1 aromatic heterocycles. The van der Waals surface area contributed by atoms with Crippen LogP contribution in [0.1, 0.15) is 38.1 Å². The number of rotatable bonds is 5. The van der Waals surface area contributed by atoms with E-state index in [9.17, 15) is 4.79 Å². The van der Waals surface area contributed by atoms with Gasteiger partial charge >= 0.3 is 7.12 Å². The lowest BCUT2D eigenvalue weighted by Gasteiger charge is -2.32. The van der Waals surface area contributed by atoms with E-state index in [0.29, 0.717) is 13.0 Å². The molecule has 2 aromatic rings. The standard InChI is InChI=1S/C19H24BNO3S/c1-18(2)19(3,4)24-20(23-18)15-8-5-7-14(11-15)13-21-17(22)12-16-9-6-10-25-16/h5-11H,12-13H2,1-4H3,(H,21,22). The molecule has 2 heterocycles. The first kappa shape index (κ1) is 18.2. The molecule has 0 saturated carbocycles. The summed E-state index contributed by atoms with van der Waals surface area (Å²) in [7, 11) is -0.383. The van der Waals surface area contributed by atoms with Crippen molar-refractivity contribution < 1.29 is 14.1 Å². The van der Waals surface area contributed by atoms with Crippen molar-refractivity contribution in [2.75, 3.05) is 0 Å². The van der Waals surface area contributed by atoms with Crippen LogP contribution in [0.25, 0.3) is 0 Å². The fraction of sp³-hybridized carbons (Fsp3) is 0.421. The van der Waals surface area contributed by atoms with Gasteiger partial charge in [-0.25, -0.2) is 0 Å². The zero-order chi connectivity index (χ0) is 18.1. The molecule has 0 spiro atoms. The summed E-state index contributed by atoms with van der Waals surface area (Å²) in [5.41, 5.74) is 1.29. The molecule has 1 N–H and O–H groups in total. The zero-order valence-corrected chi connectivity index (χ0v) is 16.0. The minimum Gasteiger partial charge on any atom is -0.399 e. The highest BCUT2D eigenvalue weighted by atomic mass is 32.1. The summed E-state index contributed by atoms with van der Waals surface area (Å²) in [5, 5.41) is 4.96. The van der Waals surface area contributed by atoms with E-state index in [1.54, 1.807) is 11.3 Å². The van der Waals surface area contributed by atoms with Crippen LogP contribution in [-0.4, -0.2) is 24.2 Å². The SMILES string of the molecule is CC1(C)OB(c2cccc(CNC(=O)Cc3cccs3)c2)OC1(C)C. The van der Waals surface area contributed by atoms with Crippen molar-refractivity contribution in [1.82, 2.24) is 5.32 Å². The summed E-state index contributed by atoms with van der Waals surface area (Å²) < 4.78 is 12.2. The number of carbonyl (C=O) groups excluding carboxylic acids is 1. The Morgan fingerprint density at radius 3 is 2.48 bits per heavy atom. The Labute approximate surface area is 153 Å². The predicted molar refractivity (Wildman–Crippen MR) is 102 cm³/mol. The molecule has 0 radical (unpaired) electrons. The van der Waals surface area contributed by atoms with E-state index in [1.165, 1.54) is 0 Å². The fourth-order valence-electron chi connectivity index (χ4n) is 2.66. The minimum atomic E-state index is -0.383. The van der Waals surface area contributed by atoms with E-state index < -0.39 is 0 Å². The number of hydrogen-bond donors (Lipinski definition) is 1. The van der Waals surface area contributed by atoms with Crippen molar-refractivity contribution >= 4 is 29.8 Å². The van der Waals surface area contributed by atoms with Gasteiger partial charge in [0.25, 0.3) is 0 Å². The average molecular weight is 357 g/mol. The number of thiophene rings is 1. The van der Waals surface area contributed by atoms with Crippen molar-refractivity contribution in [3.05, 3.63) is 52.2 Å². The second kappa shape index (κ2) is 6.94. The molecule has 1 aliphatic rings. The summed E-state index contributed by atoms with van der Waals surface area (Å²) in [6.45, 7) is 8.67. The summed E-state index contributed by atoms with van der Waals surface area (Å²) in [4.78, 5) is 13.1. The van der Waals surface area contributed by atoms with Gasteiger partial charge in [0.05, 0.1) is 17.6 Å². The monoisotopic (exact) mass is 357 g/mol. The second-order valence-electron chi connectivity index (χ2n) is 7.37. The number of carbonyl (C=O) groups is 1. The zero-order valence-electron chi connectivity index (χ0n) is 15.2. The Hall–Kier alpha value is -1.63. The van der Waals surface area contributed by atoms with Crippen molar-refractivity contribution in [3.63, 3.8) is 0 Å². The molecule has 0 bridgehead atoms. The van der Waals surface area contributed by atoms with E-state index in [1.807, 2.05) is 69.5 Å². The summed E-state index contributed by atoms with van der Waals surface area (Å²) in [6, 6.07) is 11.9. The van der Waals surface area contributed by atoms with Crippen LogP contribution >= 0.6 is 11.3 Å². The number of hydrogen-bond acceptors (Lipinski definition) is 4. The highest BCUT2D eigenvalue weighted by Gasteiger charge is 2.51. The third-order valence-corrected chi connectivity index (χ3v) is 5.76. The minimum absolute atomic E-state index is 0.0310. The highest BCUT2D eigenvalue weighted by Crippen LogP contribution is 2.36. The predicted octanol–water partition coefficient (Wildman–Crippen LogP) is 2.91. The van der Waals surface area contributed by atoms with Crippen molar-refractivity contribution in [2.45, 2.75) is 51.9 Å². The number of nitrogens with one attached hydrogen (secondary N) is 1. The maximum atomic E-state index is 12.0. The fourth-order valence-corrected chi connectivity index (χ4v) is 3.37. The molecule has 1 aliphatic heterocycles. The third-order valence-electron chi connectivity index (χ3n) is 4.88. The van der Waals surface area contributed by atoms with Gasteiger partial charge < -0.3 is 14.6 Å². The third kappa shape index (κ3) is 4.14. The number of benzene rings is 1. The molecule has 6 heteroatoms. The Kier molecular flexibility index (Phi) is 5.05. The molecular weight excluding hydrogens is 333 g/mol. The smallest absolute Gasteiger partial charge is 0.399 e. The van der Waals surface area contributed by atoms with Crippen LogP contribution in [0.3, 0.4) is 0 Å². The summed E-state index contributed by atoms with van der Waals surface area (Å²) >= 11 is 1.60. The first-order valence-electron chi connectivity index (χ1n) is 8.50. The van der Waals surface area contributed by atoms with Crippen LogP contribution in [0.5, 0.6) is 0 Å². The number of amides is 1. The normalized spacial score (nSPS) is 18.3. The van der Waals surface area contributed by atoms with E-state index in [0.717, 1.165) is 15.9 Å². The van der Waals surface area contributed by atoms with Crippen molar-refractivity contribution in [3.8, 4) is 0 Å². The second-order valence-corrected chi connectivity index (χ2v) is 8.40. The van der Waals surface area contributed by atoms with Crippen molar-refractivity contribution in [2.24, 2.45) is 0 Å². The lowest BCUT2D eigenvalue weighted by molar-refractivity contribution is -0.120. The molecule has 132 valence electrons. The quantitative estimate of drug-likeness (QED) is 0.837. The van der Waals surface area contributed by atoms with E-state index in [-0.39, 0.29) is 24.2 Å². The Morgan fingerprint density at radius 2 is 1.84 bits per heavy atom. The van der Waals surface area contributed by atoms with E-state index in [4.69, 9.17) is 9.31 Å². The van der Waals surface area contributed by atoms with Gasteiger partial charge in [-0.15, -0.1) is 11.3 Å². The molecule has 1 aromatic carbocycles. The molecule has 0 atom stereocenters. The molecule has 4 nitrogen and oxygen atoms in total. The van der Waals surface area contributed by atoms with Gasteiger partial charge in [-0.3, -0.25) is 4.79 Å². The van der Waals surface area contributed by atoms with Gasteiger partial charge in [-0.1, -0.05) is 30.3 Å². The van der Waals surface area contributed by atoms with Gasteiger partial charge in [-0.05, 0) is 50.2 Å². The van der Waals surface area contributed by atoms with Gasteiger partial charge in [0.2, 0.25) is 5.91 Å². The van der Waals surface area contributed by atoms with E-state index >= 15 is 0 Å². The highest BCUT2D eigenvalue weighted by molar-refractivity contribution is 7.10. The lowest BCUT2D eigenvalue weighted by atomic mass is 9.78. The molecule has 1 saturated heterocycles. The molecule has 25 heavy (non-hydrogen) atoms. The maximum Gasteiger partial charge on any atom is 0.494 e. The van der Waals surface area contributed by atoms with Crippen LogP contribution in [0.15, 0.2) is 41.8 Å². The maximum absolute atomic E-state index is 12.0. The molecule has 0 unspecified atom stereocenters. The lowest BCUT2D eigenvalue weighted by Crippen LogP contribution is -2.41. The summed E-state index contributed by atoms with van der Waals surface area (Å²) in [6.07, 6.45) is 0.425. The van der Waals surface area contributed by atoms with Gasteiger partial charge in [0, 0.05) is 11.4 Å². The molecule has 3 rings (SSSR count). The van der Waals surface area contributed by atoms with Gasteiger partial charge in [-0.2, -0.15) is 0 Å². The topological polar surface area (TPSA) is 47.6 Å². The van der Waals surface area contributed by atoms with Crippen LogP contribution in [-0.2, 0) is 27.1 Å². The first-order valence-corrected chi connectivity index (χ1v) is 9.38. The van der Waals surface area contributed by atoms with Gasteiger partial charge in [0.15, 0.2) is 0 Å². The Bertz CT molecular complexity index is 727. The molecule has 0 aliphatic carbocycles. The van der Waals surface area contributed by atoms with Crippen molar-refractivity contribution in [1.29, 1.82) is 0 Å². The Morgan fingerprint density at radius 1 is 1.12 bits per heavy atom. The van der Waals surface area contributed by atoms with Crippen LogP contribution < -0.4 is 10.8 Å². The molecule has 1 amide bonds. The largest absolute Gasteiger partial charge is 0.494 e. The molecular formula is C19H24BNO3S. The van der Waals surface area contributed by atoms with Crippen LogP contribution in [0.2, 0.25) is 0 Å². The molecule has 1 fully saturated rings. The Balaban J connectivity index is 1.61. The van der Waals surface area contributed by atoms with Crippen LogP contribution in [0, 0.1) is 0 Å².